The summed E-state index contributed by atoms with van der Waals surface area (Å²) in [4.78, 5) is 23.4. The van der Waals surface area contributed by atoms with Crippen LogP contribution in [0.15, 0.2) is 35.7 Å². The Kier molecular flexibility index (Phi) is 7.53. The van der Waals surface area contributed by atoms with Crippen molar-refractivity contribution < 1.29 is 19.0 Å². The maximum absolute atomic E-state index is 13.1. The van der Waals surface area contributed by atoms with E-state index in [1.54, 1.807) is 45.7 Å². The Morgan fingerprint density at radius 2 is 2.08 bits per heavy atom. The van der Waals surface area contributed by atoms with E-state index in [1.807, 2.05) is 13.0 Å². The topological polar surface area (TPSA) is 120 Å². The van der Waals surface area contributed by atoms with Crippen molar-refractivity contribution in [1.29, 1.82) is 0 Å². The van der Waals surface area contributed by atoms with Crippen LogP contribution in [0, 0.1) is 0 Å². The van der Waals surface area contributed by atoms with Gasteiger partial charge in [0.1, 0.15) is 22.5 Å². The number of H-pyrrole nitrogens is 1. The average molecular weight is 556 g/mol. The lowest BCUT2D eigenvalue weighted by Crippen LogP contribution is -2.31. The fourth-order valence-corrected chi connectivity index (χ4v) is 4.04. The van der Waals surface area contributed by atoms with Crippen LogP contribution in [0.4, 0.5) is 0 Å². The Hall–Kier alpha value is -3.93. The molecule has 0 bridgehead atoms. The number of hydrogen-bond acceptors (Lipinski definition) is 8. The zero-order valence-electron chi connectivity index (χ0n) is 20.4. The van der Waals surface area contributed by atoms with Crippen LogP contribution in [-0.4, -0.2) is 74.7 Å². The van der Waals surface area contributed by atoms with Crippen molar-refractivity contribution >= 4 is 38.8 Å². The second-order valence-corrected chi connectivity index (χ2v) is 8.54. The van der Waals surface area contributed by atoms with E-state index in [4.69, 9.17) is 14.2 Å². The Morgan fingerprint density at radius 3 is 2.81 bits per heavy atom. The number of aryl methyl sites for hydroxylation is 1. The van der Waals surface area contributed by atoms with Gasteiger partial charge in [-0.2, -0.15) is 10.2 Å². The van der Waals surface area contributed by atoms with Crippen molar-refractivity contribution in [3.63, 3.8) is 0 Å². The van der Waals surface area contributed by atoms with Gasteiger partial charge in [0.2, 0.25) is 11.8 Å². The number of likely N-dealkylation sites (N-methyl/N-ethyl adjacent to an activating group) is 1. The van der Waals surface area contributed by atoms with Gasteiger partial charge in [-0.3, -0.25) is 14.9 Å². The second-order valence-electron chi connectivity index (χ2n) is 7.75. The number of fused-ring (bicyclic) bond motifs is 1. The molecule has 0 aliphatic carbocycles. The van der Waals surface area contributed by atoms with Crippen LogP contribution in [0.25, 0.3) is 28.2 Å². The number of aromatic nitrogens is 6. The average Bonchev–Trinajstić information content (AvgIpc) is 3.42. The summed E-state index contributed by atoms with van der Waals surface area (Å²) in [5.74, 6) is 1.17. The van der Waals surface area contributed by atoms with Gasteiger partial charge in [0.15, 0.2) is 5.69 Å². The number of halogens is 1. The van der Waals surface area contributed by atoms with Gasteiger partial charge in [0.05, 0.1) is 43.9 Å². The molecule has 4 rings (SSSR count). The zero-order valence-corrected chi connectivity index (χ0v) is 22.0. The van der Waals surface area contributed by atoms with Crippen molar-refractivity contribution in [1.82, 2.24) is 34.8 Å². The van der Waals surface area contributed by atoms with E-state index in [1.165, 1.54) is 9.58 Å². The predicted molar refractivity (Wildman–Crippen MR) is 138 cm³/mol. The number of rotatable bonds is 10. The highest BCUT2D eigenvalue weighted by Gasteiger charge is 2.24. The first-order valence-corrected chi connectivity index (χ1v) is 11.9. The molecular formula is C24H26BrN7O4. The Morgan fingerprint density at radius 1 is 1.28 bits per heavy atom. The Balaban J connectivity index is 1.52. The maximum Gasteiger partial charge on any atom is 0.274 e. The number of ether oxygens (including phenoxy) is 3. The molecule has 0 atom stereocenters. The van der Waals surface area contributed by atoms with E-state index >= 15 is 0 Å². The first-order valence-electron chi connectivity index (χ1n) is 11.1. The number of nitrogens with one attached hydrogen (secondary N) is 1. The largest absolute Gasteiger partial charge is 0.489 e. The highest BCUT2D eigenvalue weighted by molar-refractivity contribution is 9.10. The van der Waals surface area contributed by atoms with Gasteiger partial charge >= 0.3 is 0 Å². The number of amides is 1. The highest BCUT2D eigenvalue weighted by atomic mass is 79.9. The molecule has 0 spiro atoms. The van der Waals surface area contributed by atoms with Crippen molar-refractivity contribution in [2.45, 2.75) is 6.92 Å². The number of nitrogens with zero attached hydrogens (tertiary/aromatic N) is 6. The molecule has 4 aromatic rings. The van der Waals surface area contributed by atoms with Crippen molar-refractivity contribution in [3.8, 4) is 28.8 Å². The molecule has 0 saturated carbocycles. The molecule has 0 aliphatic heterocycles. The number of carbonyl (C=O) groups excluding carboxylic acids is 1. The summed E-state index contributed by atoms with van der Waals surface area (Å²) in [5.41, 5.74) is 2.93. The van der Waals surface area contributed by atoms with Crippen LogP contribution in [-0.2, 0) is 7.05 Å². The number of carbonyl (C=O) groups is 1. The molecule has 0 fully saturated rings. The molecule has 1 N–H and O–H groups in total. The first-order chi connectivity index (χ1) is 17.4. The van der Waals surface area contributed by atoms with E-state index in [0.29, 0.717) is 47.5 Å². The first kappa shape index (κ1) is 25.2. The fourth-order valence-electron chi connectivity index (χ4n) is 3.63. The van der Waals surface area contributed by atoms with E-state index in [9.17, 15) is 4.79 Å². The molecule has 0 aliphatic rings. The normalized spacial score (nSPS) is 10.9. The minimum Gasteiger partial charge on any atom is -0.489 e. The minimum absolute atomic E-state index is 0.218. The summed E-state index contributed by atoms with van der Waals surface area (Å²) in [6.07, 6.45) is 4.83. The highest BCUT2D eigenvalue weighted by Crippen LogP contribution is 2.33. The monoisotopic (exact) mass is 555 g/mol. The summed E-state index contributed by atoms with van der Waals surface area (Å²) in [6, 6.07) is 3.65. The maximum atomic E-state index is 13.1. The van der Waals surface area contributed by atoms with Gasteiger partial charge in [0.25, 0.3) is 5.91 Å². The van der Waals surface area contributed by atoms with Crippen LogP contribution in [0.1, 0.15) is 23.0 Å². The van der Waals surface area contributed by atoms with Crippen LogP contribution < -0.4 is 14.2 Å². The number of aromatic amines is 1. The van der Waals surface area contributed by atoms with E-state index in [2.05, 4.69) is 47.8 Å². The predicted octanol–water partition coefficient (Wildman–Crippen LogP) is 3.72. The molecule has 4 aromatic heterocycles. The second kappa shape index (κ2) is 10.8. The molecule has 0 unspecified atom stereocenters. The summed E-state index contributed by atoms with van der Waals surface area (Å²) in [6.45, 7) is 6.65. The Bertz CT molecular complexity index is 1420. The lowest BCUT2D eigenvalue weighted by Gasteiger charge is -2.18. The van der Waals surface area contributed by atoms with E-state index in [0.717, 1.165) is 15.5 Å². The standard InChI is InChI=1S/C24H26BrN7O4/c1-6-14-21(30-32(4)24(14)35-7-2)23(33)31(3)8-9-36-19-13-27-20(34-5)11-15(19)17-10-16-18(12-26-17)28-29-22(16)25/h6,10-13H,1,7-9H2,2-5H3,(H,28,29). The Labute approximate surface area is 216 Å². The molecule has 1 amide bonds. The SMILES string of the molecule is C=Cc1c(C(=O)N(C)CCOc2cnc(OC)cc2-c2cc3c(Br)[nH]nc3cn2)nn(C)c1OCC. The summed E-state index contributed by atoms with van der Waals surface area (Å²) in [5, 5.41) is 12.3. The van der Waals surface area contributed by atoms with Crippen molar-refractivity contribution in [3.05, 3.63) is 47.0 Å². The van der Waals surface area contributed by atoms with E-state index in [-0.39, 0.29) is 18.2 Å². The van der Waals surface area contributed by atoms with Gasteiger partial charge in [-0.1, -0.05) is 12.7 Å². The molecule has 0 saturated heterocycles. The molecule has 12 heteroatoms. The lowest BCUT2D eigenvalue weighted by atomic mass is 10.1. The molecule has 4 heterocycles. The van der Waals surface area contributed by atoms with E-state index < -0.39 is 0 Å². The summed E-state index contributed by atoms with van der Waals surface area (Å²) >= 11 is 3.46. The third-order valence-corrected chi connectivity index (χ3v) is 6.07. The summed E-state index contributed by atoms with van der Waals surface area (Å²) in [7, 11) is 4.96. The van der Waals surface area contributed by atoms with Crippen LogP contribution in [0.2, 0.25) is 0 Å². The lowest BCUT2D eigenvalue weighted by molar-refractivity contribution is 0.0767. The third kappa shape index (κ3) is 4.89. The molecule has 11 nitrogen and oxygen atoms in total. The molecule has 0 radical (unpaired) electrons. The quantitative estimate of drug-likeness (QED) is 0.314. The zero-order chi connectivity index (χ0) is 25.8. The van der Waals surface area contributed by atoms with Gasteiger partial charge in [-0.05, 0) is 28.9 Å². The summed E-state index contributed by atoms with van der Waals surface area (Å²) < 4.78 is 19.2. The van der Waals surface area contributed by atoms with Crippen LogP contribution in [0.3, 0.4) is 0 Å². The molecule has 0 aromatic carbocycles. The van der Waals surface area contributed by atoms with Gasteiger partial charge < -0.3 is 19.1 Å². The molecular weight excluding hydrogens is 530 g/mol. The van der Waals surface area contributed by atoms with Crippen molar-refractivity contribution in [2.24, 2.45) is 7.05 Å². The number of methoxy groups -OCH3 is 1. The van der Waals surface area contributed by atoms with Crippen molar-refractivity contribution in [2.75, 3.05) is 33.9 Å². The molecule has 36 heavy (non-hydrogen) atoms. The third-order valence-electron chi connectivity index (χ3n) is 5.47. The fraction of sp³-hybridized carbons (Fsp3) is 0.292. The van der Waals surface area contributed by atoms with Gasteiger partial charge in [-0.25, -0.2) is 9.67 Å². The number of pyridine rings is 2. The van der Waals surface area contributed by atoms with Crippen LogP contribution in [0.5, 0.6) is 17.5 Å². The van der Waals surface area contributed by atoms with Crippen LogP contribution >= 0.6 is 15.9 Å². The number of hydrogen-bond donors (Lipinski definition) is 1. The smallest absolute Gasteiger partial charge is 0.274 e. The molecule has 188 valence electrons. The van der Waals surface area contributed by atoms with Gasteiger partial charge in [0, 0.05) is 31.1 Å². The minimum atomic E-state index is -0.264. The van der Waals surface area contributed by atoms with Gasteiger partial charge in [-0.15, -0.1) is 0 Å².